The van der Waals surface area contributed by atoms with Crippen molar-refractivity contribution in [3.8, 4) is 0 Å². The quantitative estimate of drug-likeness (QED) is 0.711. The molecule has 2 atom stereocenters. The third-order valence-corrected chi connectivity index (χ3v) is 4.55. The van der Waals surface area contributed by atoms with Gasteiger partial charge in [0.15, 0.2) is 0 Å². The summed E-state index contributed by atoms with van der Waals surface area (Å²) in [6.45, 7) is 11.2. The van der Waals surface area contributed by atoms with E-state index in [1.165, 1.54) is 0 Å². The number of ether oxygens (including phenoxy) is 1. The van der Waals surface area contributed by atoms with Crippen molar-refractivity contribution in [2.24, 2.45) is 11.1 Å². The normalized spacial score (nSPS) is 29.1. The molecule has 0 aromatic carbocycles. The highest BCUT2D eigenvalue weighted by Gasteiger charge is 2.62. The van der Waals surface area contributed by atoms with Crippen molar-refractivity contribution in [1.82, 2.24) is 10.2 Å². The second-order valence-electron chi connectivity index (χ2n) is 5.99. The molecule has 0 spiro atoms. The lowest BCUT2D eigenvalue weighted by molar-refractivity contribution is -0.170. The summed E-state index contributed by atoms with van der Waals surface area (Å²) < 4.78 is 5.63. The fraction of sp³-hybridized carbons (Fsp3) is 0.929. The summed E-state index contributed by atoms with van der Waals surface area (Å²) in [6, 6.07) is 0. The van der Waals surface area contributed by atoms with Gasteiger partial charge < -0.3 is 20.7 Å². The fourth-order valence-corrected chi connectivity index (χ4v) is 2.50. The van der Waals surface area contributed by atoms with Crippen LogP contribution in [0.4, 0.5) is 0 Å². The Morgan fingerprint density at radius 2 is 2.11 bits per heavy atom. The third-order valence-electron chi connectivity index (χ3n) is 4.55. The molecular formula is C14H29N3O2. The van der Waals surface area contributed by atoms with Crippen LogP contribution in [0.25, 0.3) is 0 Å². The van der Waals surface area contributed by atoms with Crippen molar-refractivity contribution in [3.05, 3.63) is 0 Å². The first-order chi connectivity index (χ1) is 8.79. The molecule has 0 aromatic heterocycles. The van der Waals surface area contributed by atoms with Crippen molar-refractivity contribution >= 4 is 5.91 Å². The van der Waals surface area contributed by atoms with E-state index < -0.39 is 5.54 Å². The van der Waals surface area contributed by atoms with E-state index in [4.69, 9.17) is 10.5 Å². The molecule has 0 saturated heterocycles. The predicted molar refractivity (Wildman–Crippen MR) is 76.9 cm³/mol. The van der Waals surface area contributed by atoms with Crippen LogP contribution in [0.2, 0.25) is 0 Å². The molecule has 2 unspecified atom stereocenters. The standard InChI is InChI=1S/C14H29N3O2/c1-6-17(5)9-8-16-12(18)14(15)10-11(19-7-2)13(14,3)4/h11H,6-10,15H2,1-5H3,(H,16,18). The van der Waals surface area contributed by atoms with Crippen molar-refractivity contribution in [1.29, 1.82) is 0 Å². The zero-order valence-corrected chi connectivity index (χ0v) is 13.0. The summed E-state index contributed by atoms with van der Waals surface area (Å²) in [5.41, 5.74) is 5.16. The summed E-state index contributed by atoms with van der Waals surface area (Å²) in [7, 11) is 2.03. The van der Waals surface area contributed by atoms with Crippen molar-refractivity contribution in [3.63, 3.8) is 0 Å². The van der Waals surface area contributed by atoms with Gasteiger partial charge in [0.2, 0.25) is 5.91 Å². The summed E-state index contributed by atoms with van der Waals surface area (Å²) >= 11 is 0. The van der Waals surface area contributed by atoms with Gasteiger partial charge in [0.1, 0.15) is 5.54 Å². The van der Waals surface area contributed by atoms with E-state index >= 15 is 0 Å². The first-order valence-corrected chi connectivity index (χ1v) is 7.17. The summed E-state index contributed by atoms with van der Waals surface area (Å²) in [5, 5.41) is 2.95. The maximum atomic E-state index is 12.3. The Morgan fingerprint density at radius 3 is 2.58 bits per heavy atom. The fourth-order valence-electron chi connectivity index (χ4n) is 2.50. The SMILES string of the molecule is CCOC1CC(N)(C(=O)NCCN(C)CC)C1(C)C. The Morgan fingerprint density at radius 1 is 1.47 bits per heavy atom. The van der Waals surface area contributed by atoms with Gasteiger partial charge in [0, 0.05) is 31.5 Å². The summed E-state index contributed by atoms with van der Waals surface area (Å²) in [6.07, 6.45) is 0.676. The lowest BCUT2D eigenvalue weighted by Crippen LogP contribution is -2.75. The Hall–Kier alpha value is -0.650. The third kappa shape index (κ3) is 3.09. The van der Waals surface area contributed by atoms with Crippen LogP contribution in [0.15, 0.2) is 0 Å². The summed E-state index contributed by atoms with van der Waals surface area (Å²) in [5.74, 6) is -0.0574. The van der Waals surface area contributed by atoms with E-state index in [9.17, 15) is 4.79 Å². The van der Waals surface area contributed by atoms with Crippen LogP contribution in [-0.2, 0) is 9.53 Å². The van der Waals surface area contributed by atoms with Gasteiger partial charge in [0.05, 0.1) is 6.10 Å². The van der Waals surface area contributed by atoms with Gasteiger partial charge in [-0.2, -0.15) is 0 Å². The average Bonchev–Trinajstić information content (AvgIpc) is 2.37. The van der Waals surface area contributed by atoms with E-state index in [2.05, 4.69) is 17.1 Å². The largest absolute Gasteiger partial charge is 0.378 e. The molecule has 112 valence electrons. The predicted octanol–water partition coefficient (Wildman–Crippen LogP) is 0.587. The maximum Gasteiger partial charge on any atom is 0.240 e. The molecule has 1 aliphatic rings. The number of nitrogens with two attached hydrogens (primary N) is 1. The topological polar surface area (TPSA) is 67.6 Å². The van der Waals surface area contributed by atoms with Crippen LogP contribution < -0.4 is 11.1 Å². The molecule has 1 saturated carbocycles. The van der Waals surface area contributed by atoms with Crippen LogP contribution in [0.1, 0.15) is 34.1 Å². The van der Waals surface area contributed by atoms with Crippen LogP contribution in [0, 0.1) is 5.41 Å². The zero-order chi connectivity index (χ0) is 14.7. The minimum absolute atomic E-state index is 0.0574. The van der Waals surface area contributed by atoms with E-state index in [0.717, 1.165) is 13.1 Å². The second kappa shape index (κ2) is 6.20. The van der Waals surface area contributed by atoms with Gasteiger partial charge in [-0.25, -0.2) is 0 Å². The Kier molecular flexibility index (Phi) is 5.35. The molecule has 1 fully saturated rings. The van der Waals surface area contributed by atoms with Gasteiger partial charge in [0.25, 0.3) is 0 Å². The minimum Gasteiger partial charge on any atom is -0.378 e. The number of amides is 1. The summed E-state index contributed by atoms with van der Waals surface area (Å²) in [4.78, 5) is 14.4. The van der Waals surface area contributed by atoms with E-state index in [1.807, 2.05) is 27.8 Å². The molecule has 3 N–H and O–H groups in total. The smallest absolute Gasteiger partial charge is 0.240 e. The molecule has 0 heterocycles. The minimum atomic E-state index is -0.808. The first-order valence-electron chi connectivity index (χ1n) is 7.17. The first kappa shape index (κ1) is 16.4. The molecule has 1 aliphatic carbocycles. The van der Waals surface area contributed by atoms with Gasteiger partial charge >= 0.3 is 0 Å². The molecule has 0 aliphatic heterocycles. The number of rotatable bonds is 7. The molecule has 0 radical (unpaired) electrons. The monoisotopic (exact) mass is 271 g/mol. The van der Waals surface area contributed by atoms with Gasteiger partial charge in [-0.1, -0.05) is 20.8 Å². The number of carbonyl (C=O) groups excluding carboxylic acids is 1. The Labute approximate surface area is 116 Å². The number of likely N-dealkylation sites (N-methyl/N-ethyl adjacent to an activating group) is 1. The number of nitrogens with one attached hydrogen (secondary N) is 1. The number of carbonyl (C=O) groups is 1. The van der Waals surface area contributed by atoms with Crippen LogP contribution in [0.5, 0.6) is 0 Å². The maximum absolute atomic E-state index is 12.3. The molecule has 5 heteroatoms. The van der Waals surface area contributed by atoms with Crippen LogP contribution in [-0.4, -0.2) is 55.7 Å². The van der Waals surface area contributed by atoms with Gasteiger partial charge in [-0.15, -0.1) is 0 Å². The molecule has 1 rings (SSSR count). The van der Waals surface area contributed by atoms with Crippen molar-refractivity contribution < 1.29 is 9.53 Å². The molecular weight excluding hydrogens is 242 g/mol. The highest BCUT2D eigenvalue weighted by atomic mass is 16.5. The Balaban J connectivity index is 2.49. The van der Waals surface area contributed by atoms with E-state index in [-0.39, 0.29) is 17.4 Å². The number of hydrogen-bond donors (Lipinski definition) is 2. The second-order valence-corrected chi connectivity index (χ2v) is 5.99. The zero-order valence-electron chi connectivity index (χ0n) is 13.0. The van der Waals surface area contributed by atoms with Crippen molar-refractivity contribution in [2.75, 3.05) is 33.3 Å². The molecule has 0 aromatic rings. The lowest BCUT2D eigenvalue weighted by Gasteiger charge is -2.57. The van der Waals surface area contributed by atoms with Gasteiger partial charge in [-0.05, 0) is 20.5 Å². The highest BCUT2D eigenvalue weighted by molar-refractivity contribution is 5.88. The van der Waals surface area contributed by atoms with Gasteiger partial charge in [-0.3, -0.25) is 4.79 Å². The van der Waals surface area contributed by atoms with Crippen molar-refractivity contribution in [2.45, 2.75) is 45.8 Å². The molecule has 19 heavy (non-hydrogen) atoms. The number of hydrogen-bond acceptors (Lipinski definition) is 4. The molecule has 0 bridgehead atoms. The highest BCUT2D eigenvalue weighted by Crippen LogP contribution is 2.49. The lowest BCUT2D eigenvalue weighted by atomic mass is 9.54. The van der Waals surface area contributed by atoms with Crippen LogP contribution >= 0.6 is 0 Å². The molecule has 5 nitrogen and oxygen atoms in total. The van der Waals surface area contributed by atoms with E-state index in [1.54, 1.807) is 0 Å². The number of nitrogens with zero attached hydrogens (tertiary/aromatic N) is 1. The van der Waals surface area contributed by atoms with E-state index in [0.29, 0.717) is 19.6 Å². The Bertz CT molecular complexity index is 320. The van der Waals surface area contributed by atoms with Crippen LogP contribution in [0.3, 0.4) is 0 Å². The molecule has 1 amide bonds. The average molecular weight is 271 g/mol.